The molecule has 24 heavy (non-hydrogen) atoms. The van der Waals surface area contributed by atoms with E-state index in [-0.39, 0.29) is 0 Å². The van der Waals surface area contributed by atoms with Crippen LogP contribution in [0.2, 0.25) is 5.02 Å². The molecule has 0 aliphatic carbocycles. The van der Waals surface area contributed by atoms with Gasteiger partial charge in [-0.05, 0) is 37.1 Å². The van der Waals surface area contributed by atoms with Gasteiger partial charge in [-0.3, -0.25) is 0 Å². The highest BCUT2D eigenvalue weighted by Crippen LogP contribution is 2.29. The van der Waals surface area contributed by atoms with E-state index in [9.17, 15) is 0 Å². The molecule has 0 radical (unpaired) electrons. The molecule has 0 amide bonds. The lowest BCUT2D eigenvalue weighted by molar-refractivity contribution is 0.854. The lowest BCUT2D eigenvalue weighted by atomic mass is 10.1. The van der Waals surface area contributed by atoms with Crippen LogP contribution in [0.25, 0.3) is 15.5 Å². The summed E-state index contributed by atoms with van der Waals surface area (Å²) in [5, 5.41) is 15.0. The van der Waals surface area contributed by atoms with E-state index in [1.54, 1.807) is 11.3 Å². The Kier molecular flexibility index (Phi) is 3.82. The van der Waals surface area contributed by atoms with Crippen molar-refractivity contribution >= 4 is 27.9 Å². The molecular weight excluding hydrogens is 340 g/mol. The lowest BCUT2D eigenvalue weighted by Gasteiger charge is -2.02. The molecule has 0 spiro atoms. The summed E-state index contributed by atoms with van der Waals surface area (Å²) >= 11 is 7.50. The largest absolute Gasteiger partial charge is 0.234 e. The summed E-state index contributed by atoms with van der Waals surface area (Å²) in [7, 11) is 0. The molecule has 2 aromatic carbocycles. The molecule has 4 rings (SSSR count). The van der Waals surface area contributed by atoms with Crippen LogP contribution >= 0.6 is 22.9 Å². The third kappa shape index (κ3) is 2.81. The second-order valence-electron chi connectivity index (χ2n) is 5.84. The summed E-state index contributed by atoms with van der Waals surface area (Å²) in [5.74, 6) is 0.833. The molecule has 0 aliphatic rings. The molecule has 0 fully saturated rings. The molecule has 0 bridgehead atoms. The molecule has 0 atom stereocenters. The Hall–Kier alpha value is -2.24. The molecule has 6 heteroatoms. The van der Waals surface area contributed by atoms with Gasteiger partial charge in [0.25, 0.3) is 0 Å². The quantitative estimate of drug-likeness (QED) is 0.535. The van der Waals surface area contributed by atoms with Crippen molar-refractivity contribution in [3.8, 4) is 10.6 Å². The molecular formula is C18H15ClN4S. The number of nitrogens with zero attached hydrogens (tertiary/aromatic N) is 4. The van der Waals surface area contributed by atoms with Gasteiger partial charge in [0.15, 0.2) is 5.82 Å². The molecule has 2 heterocycles. The summed E-state index contributed by atoms with van der Waals surface area (Å²) in [6.07, 6.45) is 0.675. The first-order valence-electron chi connectivity index (χ1n) is 7.63. The second-order valence-corrected chi connectivity index (χ2v) is 7.23. The molecule has 0 N–H and O–H groups in total. The summed E-state index contributed by atoms with van der Waals surface area (Å²) in [5.41, 5.74) is 4.75. The third-order valence-electron chi connectivity index (χ3n) is 3.94. The first kappa shape index (κ1) is 15.3. The van der Waals surface area contributed by atoms with Gasteiger partial charge in [0.05, 0.1) is 0 Å². The van der Waals surface area contributed by atoms with E-state index in [4.69, 9.17) is 16.7 Å². The Labute approximate surface area is 148 Å². The number of aryl methyl sites for hydroxylation is 2. The number of benzene rings is 2. The van der Waals surface area contributed by atoms with Crippen LogP contribution in [0.4, 0.5) is 0 Å². The fraction of sp³-hybridized carbons (Fsp3) is 0.167. The monoisotopic (exact) mass is 354 g/mol. The minimum absolute atomic E-state index is 0.675. The van der Waals surface area contributed by atoms with Gasteiger partial charge in [-0.25, -0.2) is 0 Å². The van der Waals surface area contributed by atoms with Crippen molar-refractivity contribution in [2.45, 2.75) is 20.3 Å². The normalized spacial score (nSPS) is 11.3. The van der Waals surface area contributed by atoms with Crippen molar-refractivity contribution in [2.75, 3.05) is 0 Å². The highest BCUT2D eigenvalue weighted by molar-refractivity contribution is 7.19. The minimum Gasteiger partial charge on any atom is -0.187 e. The SMILES string of the molecule is Cc1ccc(-c2nn3c(Cc4ccc(Cl)cc4)nnc3s2)c(C)c1. The topological polar surface area (TPSA) is 43.1 Å². The first-order chi connectivity index (χ1) is 11.6. The standard InChI is InChI=1S/C18H15ClN4S/c1-11-3-8-15(12(2)9-11)17-22-23-16(20-21-18(23)24-17)10-13-4-6-14(19)7-5-13/h3-9H,10H2,1-2H3. The number of halogens is 1. The third-order valence-corrected chi connectivity index (χ3v) is 5.13. The van der Waals surface area contributed by atoms with Gasteiger partial charge in [0.1, 0.15) is 5.01 Å². The highest BCUT2D eigenvalue weighted by atomic mass is 35.5. The van der Waals surface area contributed by atoms with Crippen molar-refractivity contribution in [2.24, 2.45) is 0 Å². The Morgan fingerprint density at radius 3 is 2.58 bits per heavy atom. The number of aromatic nitrogens is 4. The van der Waals surface area contributed by atoms with Gasteiger partial charge in [0, 0.05) is 17.0 Å². The van der Waals surface area contributed by atoms with E-state index >= 15 is 0 Å². The maximum absolute atomic E-state index is 5.94. The van der Waals surface area contributed by atoms with Crippen LogP contribution in [-0.4, -0.2) is 19.8 Å². The van der Waals surface area contributed by atoms with Crippen molar-refractivity contribution < 1.29 is 0 Å². The van der Waals surface area contributed by atoms with E-state index in [2.05, 4.69) is 42.2 Å². The zero-order valence-electron chi connectivity index (χ0n) is 13.3. The smallest absolute Gasteiger partial charge is 0.187 e. The zero-order valence-corrected chi connectivity index (χ0v) is 14.9. The average molecular weight is 355 g/mol. The maximum atomic E-state index is 5.94. The maximum Gasteiger partial charge on any atom is 0.234 e. The van der Waals surface area contributed by atoms with Gasteiger partial charge in [-0.1, -0.05) is 58.8 Å². The van der Waals surface area contributed by atoms with Crippen LogP contribution < -0.4 is 0 Å². The molecule has 4 nitrogen and oxygen atoms in total. The van der Waals surface area contributed by atoms with Crippen LogP contribution in [0, 0.1) is 13.8 Å². The van der Waals surface area contributed by atoms with Crippen molar-refractivity contribution in [1.82, 2.24) is 19.8 Å². The molecule has 4 aromatic rings. The number of fused-ring (bicyclic) bond motifs is 1. The summed E-state index contributed by atoms with van der Waals surface area (Å²) < 4.78 is 1.84. The first-order valence-corrected chi connectivity index (χ1v) is 8.83. The lowest BCUT2D eigenvalue weighted by Crippen LogP contribution is -1.98. The molecule has 0 unspecified atom stereocenters. The molecule has 120 valence electrons. The number of rotatable bonds is 3. The van der Waals surface area contributed by atoms with Crippen molar-refractivity contribution in [3.63, 3.8) is 0 Å². The summed E-state index contributed by atoms with van der Waals surface area (Å²) in [6, 6.07) is 14.2. The van der Waals surface area contributed by atoms with Gasteiger partial charge >= 0.3 is 0 Å². The molecule has 2 aromatic heterocycles. The van der Waals surface area contributed by atoms with Gasteiger partial charge in [-0.15, -0.1) is 10.2 Å². The van der Waals surface area contributed by atoms with Crippen molar-refractivity contribution in [1.29, 1.82) is 0 Å². The van der Waals surface area contributed by atoms with E-state index in [0.29, 0.717) is 6.42 Å². The van der Waals surface area contributed by atoms with Gasteiger partial charge in [-0.2, -0.15) is 9.61 Å². The average Bonchev–Trinajstić information content (AvgIpc) is 3.11. The number of hydrogen-bond donors (Lipinski definition) is 0. The van der Waals surface area contributed by atoms with Crippen LogP contribution in [0.1, 0.15) is 22.5 Å². The predicted molar refractivity (Wildman–Crippen MR) is 97.8 cm³/mol. The van der Waals surface area contributed by atoms with Gasteiger partial charge < -0.3 is 0 Å². The Morgan fingerprint density at radius 1 is 1.04 bits per heavy atom. The van der Waals surface area contributed by atoms with Crippen LogP contribution in [0.5, 0.6) is 0 Å². The predicted octanol–water partition coefficient (Wildman–Crippen LogP) is 4.71. The number of hydrogen-bond acceptors (Lipinski definition) is 4. The van der Waals surface area contributed by atoms with E-state index in [0.717, 1.165) is 31.9 Å². The molecule has 0 saturated heterocycles. The van der Waals surface area contributed by atoms with Crippen LogP contribution in [-0.2, 0) is 6.42 Å². The molecule has 0 aliphatic heterocycles. The highest BCUT2D eigenvalue weighted by Gasteiger charge is 2.14. The van der Waals surface area contributed by atoms with Crippen LogP contribution in [0.15, 0.2) is 42.5 Å². The Balaban J connectivity index is 1.71. The fourth-order valence-electron chi connectivity index (χ4n) is 2.71. The Morgan fingerprint density at radius 2 is 1.83 bits per heavy atom. The van der Waals surface area contributed by atoms with Gasteiger partial charge in [0.2, 0.25) is 4.96 Å². The Bertz CT molecular complexity index is 1020. The second kappa shape index (κ2) is 6.00. The summed E-state index contributed by atoms with van der Waals surface area (Å²) in [4.78, 5) is 0.814. The van der Waals surface area contributed by atoms with Crippen LogP contribution in [0.3, 0.4) is 0 Å². The van der Waals surface area contributed by atoms with E-state index in [1.165, 1.54) is 11.1 Å². The molecule has 0 saturated carbocycles. The summed E-state index contributed by atoms with van der Waals surface area (Å²) in [6.45, 7) is 4.21. The van der Waals surface area contributed by atoms with E-state index in [1.807, 2.05) is 28.8 Å². The van der Waals surface area contributed by atoms with Crippen molar-refractivity contribution in [3.05, 3.63) is 70.0 Å². The minimum atomic E-state index is 0.675. The zero-order chi connectivity index (χ0) is 16.7. The van der Waals surface area contributed by atoms with E-state index < -0.39 is 0 Å². The fourth-order valence-corrected chi connectivity index (χ4v) is 3.79.